The van der Waals surface area contributed by atoms with Crippen molar-refractivity contribution in [3.63, 3.8) is 0 Å². The summed E-state index contributed by atoms with van der Waals surface area (Å²) in [4.78, 5) is 12.5. The van der Waals surface area contributed by atoms with Crippen LogP contribution < -0.4 is 5.32 Å². The van der Waals surface area contributed by atoms with Crippen LogP contribution in [0.15, 0.2) is 58.6 Å². The van der Waals surface area contributed by atoms with E-state index in [2.05, 4.69) is 20.8 Å². The molecule has 174 valence electrons. The monoisotopic (exact) mass is 490 g/mol. The average molecular weight is 491 g/mol. The van der Waals surface area contributed by atoms with Gasteiger partial charge in [-0.15, -0.1) is 5.10 Å². The summed E-state index contributed by atoms with van der Waals surface area (Å²) in [7, 11) is -3.55. The topological polar surface area (TPSA) is 140 Å². The molecule has 1 amide bonds. The molecule has 0 radical (unpaired) electrons. The number of benzene rings is 2. The van der Waals surface area contributed by atoms with Crippen molar-refractivity contribution in [3.05, 3.63) is 54.1 Å². The van der Waals surface area contributed by atoms with Gasteiger partial charge in [-0.2, -0.15) is 8.99 Å². The van der Waals surface area contributed by atoms with Gasteiger partial charge in [0.1, 0.15) is 5.75 Å². The van der Waals surface area contributed by atoms with Gasteiger partial charge >= 0.3 is 0 Å². The number of morpholine rings is 1. The van der Waals surface area contributed by atoms with Crippen LogP contribution in [0.5, 0.6) is 5.75 Å². The summed E-state index contributed by atoms with van der Waals surface area (Å²) >= 11 is 1.17. The van der Waals surface area contributed by atoms with Gasteiger partial charge in [-0.1, -0.05) is 23.9 Å². The van der Waals surface area contributed by atoms with Crippen LogP contribution in [0.4, 0.5) is 0 Å². The van der Waals surface area contributed by atoms with Crippen LogP contribution in [0.25, 0.3) is 5.69 Å². The molecule has 0 aliphatic carbocycles. The average Bonchev–Trinajstić information content (AvgIpc) is 3.31. The number of nitrogens with one attached hydrogen (secondary N) is 1. The molecule has 2 heterocycles. The maximum Gasteiger partial charge on any atom is 0.243 e. The number of nitrogens with zero attached hydrogens (tertiary/aromatic N) is 5. The molecule has 0 atom stereocenters. The van der Waals surface area contributed by atoms with Gasteiger partial charge in [-0.05, 0) is 52.4 Å². The van der Waals surface area contributed by atoms with E-state index in [9.17, 15) is 18.3 Å². The van der Waals surface area contributed by atoms with Gasteiger partial charge in [0.2, 0.25) is 21.1 Å². The number of phenols is 1. The Morgan fingerprint density at radius 3 is 2.48 bits per heavy atom. The number of carbonyl (C=O) groups is 1. The predicted molar refractivity (Wildman–Crippen MR) is 119 cm³/mol. The number of rotatable bonds is 8. The highest BCUT2D eigenvalue weighted by Crippen LogP contribution is 2.20. The third-order valence-electron chi connectivity index (χ3n) is 4.89. The smallest absolute Gasteiger partial charge is 0.243 e. The van der Waals surface area contributed by atoms with Gasteiger partial charge in [0.05, 0.1) is 29.5 Å². The number of thioether (sulfide) groups is 1. The molecule has 1 fully saturated rings. The first-order valence-electron chi connectivity index (χ1n) is 10.1. The minimum atomic E-state index is -3.55. The van der Waals surface area contributed by atoms with Crippen molar-refractivity contribution in [2.45, 2.75) is 16.6 Å². The van der Waals surface area contributed by atoms with Crippen molar-refractivity contribution in [2.75, 3.05) is 32.1 Å². The molecule has 11 nitrogen and oxygen atoms in total. The zero-order valence-corrected chi connectivity index (χ0v) is 19.1. The number of sulfonamides is 1. The van der Waals surface area contributed by atoms with Crippen LogP contribution in [0.1, 0.15) is 5.56 Å². The fourth-order valence-corrected chi connectivity index (χ4v) is 5.25. The van der Waals surface area contributed by atoms with E-state index in [1.54, 1.807) is 36.4 Å². The summed E-state index contributed by atoms with van der Waals surface area (Å²) in [5.41, 5.74) is 1.44. The molecule has 0 unspecified atom stereocenters. The number of hydrogen-bond donors (Lipinski definition) is 2. The standard InChI is InChI=1S/C20H22N6O5S2/c27-17-5-3-16(4-6-17)26-20(22-23-24-26)32-14-19(28)21-13-15-1-7-18(8-2-15)33(29,30)25-9-11-31-12-10-25/h1-8,27H,9-14H2,(H,21,28). The van der Waals surface area contributed by atoms with E-state index >= 15 is 0 Å². The van der Waals surface area contributed by atoms with Crippen LogP contribution >= 0.6 is 11.8 Å². The molecule has 4 rings (SSSR count). The first-order valence-corrected chi connectivity index (χ1v) is 12.5. The van der Waals surface area contributed by atoms with Crippen LogP contribution in [0.3, 0.4) is 0 Å². The van der Waals surface area contributed by atoms with Gasteiger partial charge < -0.3 is 15.2 Å². The minimum Gasteiger partial charge on any atom is -0.508 e. The van der Waals surface area contributed by atoms with E-state index in [1.165, 1.54) is 32.9 Å². The van der Waals surface area contributed by atoms with Gasteiger partial charge in [-0.3, -0.25) is 4.79 Å². The second-order valence-electron chi connectivity index (χ2n) is 7.12. The quantitative estimate of drug-likeness (QED) is 0.439. The van der Waals surface area contributed by atoms with Gasteiger partial charge in [-0.25, -0.2) is 8.42 Å². The molecule has 13 heteroatoms. The third-order valence-corrected chi connectivity index (χ3v) is 7.72. The van der Waals surface area contributed by atoms with Crippen molar-refractivity contribution in [3.8, 4) is 11.4 Å². The lowest BCUT2D eigenvalue weighted by molar-refractivity contribution is -0.118. The van der Waals surface area contributed by atoms with E-state index in [0.29, 0.717) is 37.1 Å². The molecular formula is C20H22N6O5S2. The zero-order chi connectivity index (χ0) is 23.3. The lowest BCUT2D eigenvalue weighted by atomic mass is 10.2. The number of aromatic hydroxyl groups is 1. The van der Waals surface area contributed by atoms with Gasteiger partial charge in [0, 0.05) is 19.6 Å². The molecule has 1 saturated heterocycles. The SMILES string of the molecule is O=C(CSc1nnnn1-c1ccc(O)cc1)NCc1ccc(S(=O)(=O)N2CCOCC2)cc1. The Kier molecular flexibility index (Phi) is 7.23. The number of ether oxygens (including phenoxy) is 1. The van der Waals surface area contributed by atoms with E-state index in [1.807, 2.05) is 0 Å². The van der Waals surface area contributed by atoms with E-state index in [0.717, 1.165) is 5.56 Å². The number of phenolic OH excluding ortho intramolecular Hbond substituents is 1. The summed E-state index contributed by atoms with van der Waals surface area (Å²) in [6.45, 7) is 1.73. The van der Waals surface area contributed by atoms with Crippen molar-refractivity contribution in [1.82, 2.24) is 29.8 Å². The molecule has 1 aromatic heterocycles. The molecule has 0 spiro atoms. The first kappa shape index (κ1) is 23.2. The Labute approximate surface area is 194 Å². The summed E-state index contributed by atoms with van der Waals surface area (Å²) in [5.74, 6) is 0.0134. The molecule has 1 aliphatic heterocycles. The second kappa shape index (κ2) is 10.3. The van der Waals surface area contributed by atoms with Crippen molar-refractivity contribution in [1.29, 1.82) is 0 Å². The fourth-order valence-electron chi connectivity index (χ4n) is 3.12. The number of aromatic nitrogens is 4. The van der Waals surface area contributed by atoms with Crippen LogP contribution in [0, 0.1) is 0 Å². The van der Waals surface area contributed by atoms with E-state index in [-0.39, 0.29) is 28.8 Å². The highest BCUT2D eigenvalue weighted by molar-refractivity contribution is 7.99. The summed E-state index contributed by atoms with van der Waals surface area (Å²) in [6, 6.07) is 12.8. The minimum absolute atomic E-state index is 0.0992. The number of hydrogen-bond acceptors (Lipinski definition) is 9. The number of tetrazole rings is 1. The molecular weight excluding hydrogens is 468 g/mol. The molecule has 2 N–H and O–H groups in total. The summed E-state index contributed by atoms with van der Waals surface area (Å²) < 4.78 is 33.5. The van der Waals surface area contributed by atoms with Crippen molar-refractivity contribution < 1.29 is 23.1 Å². The molecule has 0 bridgehead atoms. The fraction of sp³-hybridized carbons (Fsp3) is 0.300. The Balaban J connectivity index is 1.29. The van der Waals surface area contributed by atoms with E-state index < -0.39 is 10.0 Å². The molecule has 33 heavy (non-hydrogen) atoms. The Morgan fingerprint density at radius 1 is 1.09 bits per heavy atom. The third kappa shape index (κ3) is 5.68. The first-order chi connectivity index (χ1) is 15.9. The Bertz CT molecular complexity index is 1190. The summed E-state index contributed by atoms with van der Waals surface area (Å²) in [6.07, 6.45) is 0. The lowest BCUT2D eigenvalue weighted by Crippen LogP contribution is -2.40. The molecule has 0 saturated carbocycles. The van der Waals surface area contributed by atoms with Gasteiger partial charge in [0.25, 0.3) is 0 Å². The van der Waals surface area contributed by atoms with Crippen LogP contribution in [0.2, 0.25) is 0 Å². The zero-order valence-electron chi connectivity index (χ0n) is 17.5. The van der Waals surface area contributed by atoms with Crippen LogP contribution in [-0.2, 0) is 26.1 Å². The lowest BCUT2D eigenvalue weighted by Gasteiger charge is -2.26. The Morgan fingerprint density at radius 2 is 1.79 bits per heavy atom. The summed E-state index contributed by atoms with van der Waals surface area (Å²) in [5, 5.41) is 24.1. The van der Waals surface area contributed by atoms with Gasteiger partial charge in [0.15, 0.2) is 0 Å². The Hall–Kier alpha value is -3.00. The van der Waals surface area contributed by atoms with Crippen molar-refractivity contribution >= 4 is 27.7 Å². The largest absolute Gasteiger partial charge is 0.508 e. The van der Waals surface area contributed by atoms with Crippen molar-refractivity contribution in [2.24, 2.45) is 0 Å². The molecule has 1 aliphatic rings. The number of amides is 1. The van der Waals surface area contributed by atoms with Crippen LogP contribution in [-0.4, -0.2) is 76.0 Å². The maximum absolute atomic E-state index is 12.7. The number of carbonyl (C=O) groups excluding carboxylic acids is 1. The predicted octanol–water partition coefficient (Wildman–Crippen LogP) is 0.797. The maximum atomic E-state index is 12.7. The highest BCUT2D eigenvalue weighted by atomic mass is 32.2. The molecule has 3 aromatic rings. The second-order valence-corrected chi connectivity index (χ2v) is 10.00. The molecule has 2 aromatic carbocycles. The van der Waals surface area contributed by atoms with E-state index in [4.69, 9.17) is 4.74 Å². The highest BCUT2D eigenvalue weighted by Gasteiger charge is 2.26. The normalized spacial score (nSPS) is 14.8.